The Kier molecular flexibility index (Phi) is 3.14. The van der Waals surface area contributed by atoms with Gasteiger partial charge in [0, 0.05) is 19.1 Å². The molecule has 1 N–H and O–H groups in total. The van der Waals surface area contributed by atoms with Gasteiger partial charge in [-0.05, 0) is 27.3 Å². The third-order valence-corrected chi connectivity index (χ3v) is 3.35. The lowest BCUT2D eigenvalue weighted by Crippen LogP contribution is -2.33. The smallest absolute Gasteiger partial charge is 0.163 e. The third-order valence-electron chi connectivity index (χ3n) is 3.35. The fraction of sp³-hybridized carbons (Fsp3) is 0.750. The summed E-state index contributed by atoms with van der Waals surface area (Å²) >= 11 is 0. The minimum Gasteiger partial charge on any atom is -0.493 e. The van der Waals surface area contributed by atoms with Crippen LogP contribution in [0.1, 0.15) is 32.0 Å². The first-order chi connectivity index (χ1) is 7.98. The van der Waals surface area contributed by atoms with Crippen LogP contribution in [0.5, 0.6) is 5.75 Å². The lowest BCUT2D eigenvalue weighted by molar-refractivity contribution is 0.0358. The molecule has 96 valence electrons. The second kappa shape index (κ2) is 4.31. The van der Waals surface area contributed by atoms with Gasteiger partial charge in [0.1, 0.15) is 11.3 Å². The molecule has 0 spiro atoms. The van der Waals surface area contributed by atoms with Crippen molar-refractivity contribution >= 4 is 0 Å². The lowest BCUT2D eigenvalue weighted by Gasteiger charge is -2.26. The van der Waals surface area contributed by atoms with E-state index in [1.165, 1.54) is 0 Å². The molecule has 0 bridgehead atoms. The van der Waals surface area contributed by atoms with Gasteiger partial charge in [0.25, 0.3) is 0 Å². The van der Waals surface area contributed by atoms with E-state index >= 15 is 0 Å². The number of hydrogen-bond donors (Lipinski definition) is 1. The molecule has 2 rings (SSSR count). The van der Waals surface area contributed by atoms with Gasteiger partial charge < -0.3 is 14.7 Å². The molecular formula is C12H21N3O2. The van der Waals surface area contributed by atoms with Crippen molar-refractivity contribution < 1.29 is 9.84 Å². The Balaban J connectivity index is 2.45. The third kappa shape index (κ3) is 2.05. The van der Waals surface area contributed by atoms with Gasteiger partial charge in [0.15, 0.2) is 5.75 Å². The maximum absolute atomic E-state index is 10.8. The van der Waals surface area contributed by atoms with Crippen molar-refractivity contribution in [3.05, 3.63) is 11.9 Å². The normalized spacial score (nSPS) is 25.8. The highest BCUT2D eigenvalue weighted by molar-refractivity contribution is 5.32. The number of aromatic nitrogens is 2. The summed E-state index contributed by atoms with van der Waals surface area (Å²) in [5.41, 5.74) is -0.0414. The molecular weight excluding hydrogens is 218 g/mol. The van der Waals surface area contributed by atoms with Gasteiger partial charge in [0.05, 0.1) is 13.3 Å². The van der Waals surface area contributed by atoms with E-state index in [4.69, 9.17) is 4.74 Å². The summed E-state index contributed by atoms with van der Waals surface area (Å²) in [7, 11) is 3.63. The van der Waals surface area contributed by atoms with E-state index in [-0.39, 0.29) is 6.04 Å². The van der Waals surface area contributed by atoms with Gasteiger partial charge in [-0.15, -0.1) is 0 Å². The van der Waals surface area contributed by atoms with Crippen LogP contribution in [0.25, 0.3) is 0 Å². The molecule has 1 unspecified atom stereocenters. The van der Waals surface area contributed by atoms with Gasteiger partial charge in [0.2, 0.25) is 0 Å². The number of β-amino-alcohol motifs (C(OH)–C–C–N with tert-alkyl or cyclic N) is 1. The number of likely N-dealkylation sites (N-methyl/N-ethyl adjacent to an activating group) is 1. The molecule has 0 saturated carbocycles. The number of likely N-dealkylation sites (tertiary alicyclic amines) is 1. The monoisotopic (exact) mass is 239 g/mol. The highest BCUT2D eigenvalue weighted by atomic mass is 16.5. The minimum absolute atomic E-state index is 0.212. The number of methoxy groups -OCH3 is 1. The van der Waals surface area contributed by atoms with E-state index in [9.17, 15) is 5.11 Å². The second-order valence-corrected chi connectivity index (χ2v) is 5.12. The zero-order valence-electron chi connectivity index (χ0n) is 11.0. The Morgan fingerprint density at radius 3 is 2.71 bits per heavy atom. The molecule has 1 aliphatic heterocycles. The van der Waals surface area contributed by atoms with Crippen LogP contribution in [0.15, 0.2) is 6.20 Å². The Labute approximate surface area is 102 Å². The average molecular weight is 239 g/mol. The van der Waals surface area contributed by atoms with E-state index in [1.807, 2.05) is 11.7 Å². The molecule has 1 aromatic rings. The van der Waals surface area contributed by atoms with Crippen LogP contribution in [0.4, 0.5) is 0 Å². The van der Waals surface area contributed by atoms with Crippen molar-refractivity contribution in [2.75, 3.05) is 27.2 Å². The Morgan fingerprint density at radius 1 is 1.53 bits per heavy atom. The topological polar surface area (TPSA) is 50.5 Å². The lowest BCUT2D eigenvalue weighted by atomic mass is 9.97. The van der Waals surface area contributed by atoms with E-state index < -0.39 is 5.60 Å². The van der Waals surface area contributed by atoms with Gasteiger partial charge in [-0.3, -0.25) is 4.68 Å². The molecule has 0 radical (unpaired) electrons. The quantitative estimate of drug-likeness (QED) is 0.855. The van der Waals surface area contributed by atoms with E-state index in [0.29, 0.717) is 12.3 Å². The van der Waals surface area contributed by atoms with Gasteiger partial charge in [-0.25, -0.2) is 0 Å². The molecule has 1 aromatic heterocycles. The van der Waals surface area contributed by atoms with Crippen molar-refractivity contribution in [2.24, 2.45) is 0 Å². The van der Waals surface area contributed by atoms with Crippen molar-refractivity contribution in [2.45, 2.75) is 31.9 Å². The van der Waals surface area contributed by atoms with Crippen LogP contribution in [0.2, 0.25) is 0 Å². The number of rotatable bonds is 3. The number of nitrogens with zero attached hydrogens (tertiary/aromatic N) is 3. The van der Waals surface area contributed by atoms with Crippen LogP contribution in [-0.2, 0) is 5.60 Å². The van der Waals surface area contributed by atoms with E-state index in [1.54, 1.807) is 13.3 Å². The SMILES string of the molecule is COc1cnn(C(C)C)c1C1(O)CCN(C)C1. The fourth-order valence-corrected chi connectivity index (χ4v) is 2.50. The first kappa shape index (κ1) is 12.4. The van der Waals surface area contributed by atoms with Crippen molar-refractivity contribution in [3.63, 3.8) is 0 Å². The summed E-state index contributed by atoms with van der Waals surface area (Å²) in [6.45, 7) is 5.63. The molecule has 1 saturated heterocycles. The standard InChI is InChI=1S/C12H21N3O2/c1-9(2)15-11(10(17-4)7-13-15)12(16)5-6-14(3)8-12/h7,9,16H,5-6,8H2,1-4H3. The molecule has 0 aromatic carbocycles. The first-order valence-corrected chi connectivity index (χ1v) is 6.01. The summed E-state index contributed by atoms with van der Waals surface area (Å²) < 4.78 is 7.19. The fourth-order valence-electron chi connectivity index (χ4n) is 2.50. The second-order valence-electron chi connectivity index (χ2n) is 5.12. The Morgan fingerprint density at radius 2 is 2.24 bits per heavy atom. The first-order valence-electron chi connectivity index (χ1n) is 6.01. The maximum Gasteiger partial charge on any atom is 0.163 e. The zero-order chi connectivity index (χ0) is 12.6. The van der Waals surface area contributed by atoms with Crippen LogP contribution in [0, 0.1) is 0 Å². The Hall–Kier alpha value is -1.07. The van der Waals surface area contributed by atoms with Crippen molar-refractivity contribution in [3.8, 4) is 5.75 Å². The molecule has 17 heavy (non-hydrogen) atoms. The summed E-state index contributed by atoms with van der Waals surface area (Å²) in [6, 6.07) is 0.212. The molecule has 0 aliphatic carbocycles. The minimum atomic E-state index is -0.846. The van der Waals surface area contributed by atoms with Crippen molar-refractivity contribution in [1.29, 1.82) is 0 Å². The van der Waals surface area contributed by atoms with Crippen LogP contribution >= 0.6 is 0 Å². The number of hydrogen-bond acceptors (Lipinski definition) is 4. The number of aliphatic hydroxyl groups is 1. The van der Waals surface area contributed by atoms with Crippen LogP contribution in [-0.4, -0.2) is 47.0 Å². The molecule has 5 heteroatoms. The summed E-state index contributed by atoms with van der Waals surface area (Å²) in [5.74, 6) is 0.677. The summed E-state index contributed by atoms with van der Waals surface area (Å²) in [5, 5.41) is 15.1. The highest BCUT2D eigenvalue weighted by Crippen LogP contribution is 2.37. The number of ether oxygens (including phenoxy) is 1. The molecule has 1 fully saturated rings. The highest BCUT2D eigenvalue weighted by Gasteiger charge is 2.41. The van der Waals surface area contributed by atoms with Crippen molar-refractivity contribution in [1.82, 2.24) is 14.7 Å². The van der Waals surface area contributed by atoms with Gasteiger partial charge >= 0.3 is 0 Å². The summed E-state index contributed by atoms with van der Waals surface area (Å²) in [6.07, 6.45) is 2.41. The predicted octanol–water partition coefficient (Wildman–Crippen LogP) is 0.996. The predicted molar refractivity (Wildman–Crippen MR) is 65.2 cm³/mol. The summed E-state index contributed by atoms with van der Waals surface area (Å²) in [4.78, 5) is 2.12. The van der Waals surface area contributed by atoms with Crippen LogP contribution < -0.4 is 4.74 Å². The molecule has 1 aliphatic rings. The Bertz CT molecular complexity index is 402. The molecule has 5 nitrogen and oxygen atoms in total. The molecule has 0 amide bonds. The zero-order valence-corrected chi connectivity index (χ0v) is 11.0. The van der Waals surface area contributed by atoms with Gasteiger partial charge in [-0.2, -0.15) is 5.10 Å². The van der Waals surface area contributed by atoms with Gasteiger partial charge in [-0.1, -0.05) is 0 Å². The largest absolute Gasteiger partial charge is 0.493 e. The average Bonchev–Trinajstić information content (AvgIpc) is 2.82. The maximum atomic E-state index is 10.8. The van der Waals surface area contributed by atoms with Crippen LogP contribution in [0.3, 0.4) is 0 Å². The molecule has 2 heterocycles. The molecule has 1 atom stereocenters. The van der Waals surface area contributed by atoms with E-state index in [0.717, 1.165) is 18.7 Å². The van der Waals surface area contributed by atoms with E-state index in [2.05, 4.69) is 23.8 Å².